The van der Waals surface area contributed by atoms with Crippen LogP contribution in [0.3, 0.4) is 0 Å². The number of urea groups is 1. The zero-order valence-corrected chi connectivity index (χ0v) is 18.1. The van der Waals surface area contributed by atoms with Crippen LogP contribution in [0.25, 0.3) is 0 Å². The molecule has 0 radical (unpaired) electrons. The van der Waals surface area contributed by atoms with Crippen molar-refractivity contribution in [1.82, 2.24) is 9.80 Å². The Bertz CT molecular complexity index is 333. The second kappa shape index (κ2) is 7.73. The van der Waals surface area contributed by atoms with Crippen LogP contribution in [0.4, 0.5) is 4.79 Å². The number of carbonyl (C=O) groups excluding carboxylic acids is 1. The molecule has 0 aromatic heterocycles. The van der Waals surface area contributed by atoms with Crippen LogP contribution in [0.1, 0.15) is 0 Å². The molecule has 1 fully saturated rings. The molecule has 3 unspecified atom stereocenters. The summed E-state index contributed by atoms with van der Waals surface area (Å²) in [7, 11) is 3.17. The zero-order chi connectivity index (χ0) is 14.8. The highest BCUT2D eigenvalue weighted by Crippen LogP contribution is 2.49. The predicted molar refractivity (Wildman–Crippen MR) is 91.6 cm³/mol. The van der Waals surface area contributed by atoms with Crippen molar-refractivity contribution < 1.29 is 14.3 Å². The number of carbonyl (C=O) groups is 1. The molecule has 10 heteroatoms. The van der Waals surface area contributed by atoms with E-state index in [9.17, 15) is 4.79 Å². The largest absolute Gasteiger partial charge is 0.382 e. The third-order valence-electron chi connectivity index (χ3n) is 2.47. The molecule has 1 heterocycles. The first-order valence-electron chi connectivity index (χ1n) is 5.18. The van der Waals surface area contributed by atoms with Crippen LogP contribution in [0, 0.1) is 0 Å². The van der Waals surface area contributed by atoms with Crippen molar-refractivity contribution in [3.63, 3.8) is 0 Å². The molecule has 0 aromatic carbocycles. The molecule has 0 spiro atoms. The van der Waals surface area contributed by atoms with E-state index in [1.807, 2.05) is 0 Å². The van der Waals surface area contributed by atoms with Crippen molar-refractivity contribution >= 4 is 85.7 Å². The SMILES string of the molecule is COCC(Br)N1C(=O)N(C(Br)COC)C(Br)(Br)C1Br. The lowest BCUT2D eigenvalue weighted by molar-refractivity contribution is 0.130. The van der Waals surface area contributed by atoms with Gasteiger partial charge < -0.3 is 9.47 Å². The first-order valence-corrected chi connectivity index (χ1v) is 9.51. The van der Waals surface area contributed by atoms with Crippen molar-refractivity contribution in [2.75, 3.05) is 27.4 Å². The summed E-state index contributed by atoms with van der Waals surface area (Å²) in [5, 5.41) is 0. The number of hydrogen-bond acceptors (Lipinski definition) is 3. The fourth-order valence-corrected chi connectivity index (χ4v) is 5.85. The molecule has 1 saturated heterocycles. The van der Waals surface area contributed by atoms with E-state index in [2.05, 4.69) is 79.6 Å². The van der Waals surface area contributed by atoms with Crippen molar-refractivity contribution in [3.8, 4) is 0 Å². The fraction of sp³-hybridized carbons (Fsp3) is 0.889. The van der Waals surface area contributed by atoms with Gasteiger partial charge in [0.25, 0.3) is 0 Å². The molecule has 1 aliphatic heterocycles. The van der Waals surface area contributed by atoms with Crippen LogP contribution in [-0.4, -0.2) is 61.5 Å². The molecular formula is C9H13Br5N2O3. The van der Waals surface area contributed by atoms with Gasteiger partial charge in [-0.2, -0.15) is 0 Å². The van der Waals surface area contributed by atoms with Crippen LogP contribution in [-0.2, 0) is 9.47 Å². The second-order valence-electron chi connectivity index (χ2n) is 3.76. The molecular weight excluding hydrogens is 584 g/mol. The lowest BCUT2D eigenvalue weighted by Gasteiger charge is -2.31. The Morgan fingerprint density at radius 1 is 1.21 bits per heavy atom. The number of amides is 2. The number of halogens is 5. The first kappa shape index (κ1) is 18.6. The van der Waals surface area contributed by atoms with Gasteiger partial charge in [0.05, 0.1) is 13.2 Å². The van der Waals surface area contributed by atoms with Gasteiger partial charge >= 0.3 is 6.03 Å². The molecule has 19 heavy (non-hydrogen) atoms. The van der Waals surface area contributed by atoms with Crippen molar-refractivity contribution in [1.29, 1.82) is 0 Å². The maximum Gasteiger partial charge on any atom is 0.324 e. The standard InChI is InChI=1S/C9H13Br5N2O3/c1-18-3-5(10)15-7(12)9(13,14)16(8(15)17)6(11)4-19-2/h5-7H,3-4H2,1-2H3. The van der Waals surface area contributed by atoms with Gasteiger partial charge in [0.15, 0.2) is 3.36 Å². The molecule has 5 nitrogen and oxygen atoms in total. The highest BCUT2D eigenvalue weighted by Gasteiger charge is 2.57. The number of alkyl halides is 5. The summed E-state index contributed by atoms with van der Waals surface area (Å²) in [5.74, 6) is 0. The fourth-order valence-electron chi connectivity index (χ4n) is 1.63. The smallest absolute Gasteiger partial charge is 0.324 e. The molecule has 0 aromatic rings. The minimum Gasteiger partial charge on any atom is -0.382 e. The zero-order valence-electron chi connectivity index (χ0n) is 10.2. The average molecular weight is 597 g/mol. The summed E-state index contributed by atoms with van der Waals surface area (Å²) in [5.41, 5.74) is 0. The Labute approximate surface area is 154 Å². The van der Waals surface area contributed by atoms with E-state index in [-0.39, 0.29) is 20.9 Å². The summed E-state index contributed by atoms with van der Waals surface area (Å²) in [4.78, 5) is 15.0. The van der Waals surface area contributed by atoms with E-state index in [1.54, 1.807) is 24.0 Å². The van der Waals surface area contributed by atoms with Gasteiger partial charge in [-0.1, -0.05) is 47.8 Å². The molecule has 1 rings (SSSR count). The van der Waals surface area contributed by atoms with Gasteiger partial charge in [-0.05, 0) is 31.9 Å². The normalized spacial score (nSPS) is 25.8. The van der Waals surface area contributed by atoms with E-state index >= 15 is 0 Å². The van der Waals surface area contributed by atoms with Crippen LogP contribution >= 0.6 is 79.6 Å². The average Bonchev–Trinajstić information content (AvgIpc) is 2.46. The summed E-state index contributed by atoms with van der Waals surface area (Å²) in [6.07, 6.45) is 0. The van der Waals surface area contributed by atoms with Gasteiger partial charge in [0, 0.05) is 14.2 Å². The molecule has 0 bridgehead atoms. The summed E-state index contributed by atoms with van der Waals surface area (Å²) >= 11 is 17.5. The molecule has 3 atom stereocenters. The lowest BCUT2D eigenvalue weighted by Crippen LogP contribution is -2.45. The Hall–Kier alpha value is 1.59. The summed E-state index contributed by atoms with van der Waals surface area (Å²) < 4.78 is 9.41. The molecule has 1 aliphatic rings. The monoisotopic (exact) mass is 592 g/mol. The maximum atomic E-state index is 12.6. The highest BCUT2D eigenvalue weighted by atomic mass is 79.9. The van der Waals surface area contributed by atoms with Crippen molar-refractivity contribution in [2.24, 2.45) is 0 Å². The van der Waals surface area contributed by atoms with Gasteiger partial charge in [-0.3, -0.25) is 9.80 Å². The van der Waals surface area contributed by atoms with Crippen LogP contribution in [0.5, 0.6) is 0 Å². The van der Waals surface area contributed by atoms with Crippen molar-refractivity contribution in [3.05, 3.63) is 0 Å². The van der Waals surface area contributed by atoms with Crippen molar-refractivity contribution in [2.45, 2.75) is 18.2 Å². The molecule has 0 saturated carbocycles. The Morgan fingerprint density at radius 2 is 1.68 bits per heavy atom. The van der Waals surface area contributed by atoms with E-state index in [0.29, 0.717) is 13.2 Å². The van der Waals surface area contributed by atoms with Crippen LogP contribution < -0.4 is 0 Å². The number of hydrogen-bond donors (Lipinski definition) is 0. The van der Waals surface area contributed by atoms with Gasteiger partial charge in [0.2, 0.25) is 0 Å². The number of methoxy groups -OCH3 is 2. The lowest BCUT2D eigenvalue weighted by atomic mass is 10.5. The molecule has 112 valence electrons. The Balaban J connectivity index is 2.99. The first-order chi connectivity index (χ1) is 8.78. The second-order valence-corrected chi connectivity index (χ2v) is 10.2. The molecule has 0 aliphatic carbocycles. The minimum atomic E-state index is -0.746. The highest BCUT2D eigenvalue weighted by molar-refractivity contribution is 9.26. The van der Waals surface area contributed by atoms with E-state index in [0.717, 1.165) is 0 Å². The predicted octanol–water partition coefficient (Wildman–Crippen LogP) is 3.62. The van der Waals surface area contributed by atoms with Gasteiger partial charge in [-0.25, -0.2) is 4.79 Å². The number of ether oxygens (including phenoxy) is 2. The maximum absolute atomic E-state index is 12.6. The number of rotatable bonds is 6. The van der Waals surface area contributed by atoms with Gasteiger partial charge in [0.1, 0.15) is 14.9 Å². The third kappa shape index (κ3) is 3.87. The Morgan fingerprint density at radius 3 is 2.16 bits per heavy atom. The Kier molecular flexibility index (Phi) is 7.59. The third-order valence-corrected chi connectivity index (χ3v) is 7.81. The van der Waals surface area contributed by atoms with Gasteiger partial charge in [-0.15, -0.1) is 0 Å². The van der Waals surface area contributed by atoms with Crippen LogP contribution in [0.2, 0.25) is 0 Å². The topological polar surface area (TPSA) is 42.0 Å². The quantitative estimate of drug-likeness (QED) is 0.348. The summed E-state index contributed by atoms with van der Waals surface area (Å²) in [6.45, 7) is 0.754. The summed E-state index contributed by atoms with van der Waals surface area (Å²) in [6, 6.07) is -0.159. The molecule has 0 N–H and O–H groups in total. The van der Waals surface area contributed by atoms with Crippen LogP contribution in [0.15, 0.2) is 0 Å². The van der Waals surface area contributed by atoms with E-state index in [1.165, 1.54) is 0 Å². The number of nitrogens with zero attached hydrogens (tertiary/aromatic N) is 2. The minimum absolute atomic E-state index is 0.159. The molecule has 2 amide bonds. The van der Waals surface area contributed by atoms with E-state index < -0.39 is 3.36 Å². The van der Waals surface area contributed by atoms with E-state index in [4.69, 9.17) is 9.47 Å².